The number of para-hydroxylation sites is 2. The van der Waals surface area contributed by atoms with Crippen LogP contribution < -0.4 is 9.05 Å². The summed E-state index contributed by atoms with van der Waals surface area (Å²) in [6.45, 7) is 1.46. The highest BCUT2D eigenvalue weighted by molar-refractivity contribution is 7.42. The van der Waals surface area contributed by atoms with E-state index in [2.05, 4.69) is 0 Å². The SMILES string of the molecule is CC(O)OP(Oc1ccccc1Cl)Oc1ccccc1Cl. The molecule has 0 heterocycles. The third-order valence-corrected chi connectivity index (χ3v) is 4.05. The van der Waals surface area contributed by atoms with Crippen molar-refractivity contribution in [3.8, 4) is 11.5 Å². The van der Waals surface area contributed by atoms with E-state index >= 15 is 0 Å². The molecule has 0 aliphatic rings. The molecule has 0 bridgehead atoms. The van der Waals surface area contributed by atoms with E-state index in [4.69, 9.17) is 36.8 Å². The molecule has 0 saturated heterocycles. The monoisotopic (exact) mass is 346 g/mol. The summed E-state index contributed by atoms with van der Waals surface area (Å²) in [4.78, 5) is 0. The van der Waals surface area contributed by atoms with Gasteiger partial charge < -0.3 is 14.2 Å². The quantitative estimate of drug-likeness (QED) is 0.588. The van der Waals surface area contributed by atoms with Crippen molar-refractivity contribution in [2.75, 3.05) is 0 Å². The summed E-state index contributed by atoms with van der Waals surface area (Å²) < 4.78 is 16.4. The zero-order valence-electron chi connectivity index (χ0n) is 11.1. The van der Waals surface area contributed by atoms with Gasteiger partial charge in [0.25, 0.3) is 0 Å². The molecule has 1 unspecified atom stereocenters. The molecule has 0 fully saturated rings. The molecule has 1 N–H and O–H groups in total. The predicted octanol–water partition coefficient (Wildman–Crippen LogP) is 5.03. The summed E-state index contributed by atoms with van der Waals surface area (Å²) in [5.41, 5.74) is 0. The molecule has 2 aromatic carbocycles. The lowest BCUT2D eigenvalue weighted by Gasteiger charge is -2.19. The average Bonchev–Trinajstić information content (AvgIpc) is 2.43. The largest absolute Gasteiger partial charge is 0.465 e. The first-order valence-corrected chi connectivity index (χ1v) is 7.91. The lowest BCUT2D eigenvalue weighted by Crippen LogP contribution is -2.08. The zero-order chi connectivity index (χ0) is 15.2. The third-order valence-electron chi connectivity index (χ3n) is 2.26. The van der Waals surface area contributed by atoms with Crippen LogP contribution in [0.3, 0.4) is 0 Å². The van der Waals surface area contributed by atoms with Crippen LogP contribution in [-0.2, 0) is 4.52 Å². The van der Waals surface area contributed by atoms with Gasteiger partial charge in [0.15, 0.2) is 6.29 Å². The van der Waals surface area contributed by atoms with Crippen molar-refractivity contribution in [3.05, 3.63) is 58.6 Å². The minimum absolute atomic E-state index is 0.401. The van der Waals surface area contributed by atoms with Gasteiger partial charge in [-0.15, -0.1) is 0 Å². The van der Waals surface area contributed by atoms with Crippen molar-refractivity contribution in [1.82, 2.24) is 0 Å². The van der Waals surface area contributed by atoms with Gasteiger partial charge in [-0.3, -0.25) is 4.52 Å². The molecule has 2 rings (SSSR count). The number of aliphatic hydroxyl groups is 1. The van der Waals surface area contributed by atoms with Crippen molar-refractivity contribution in [3.63, 3.8) is 0 Å². The average molecular weight is 347 g/mol. The Hall–Kier alpha value is -1.03. The third kappa shape index (κ3) is 5.03. The van der Waals surface area contributed by atoms with E-state index in [1.54, 1.807) is 48.5 Å². The Labute approximate surface area is 134 Å². The van der Waals surface area contributed by atoms with Gasteiger partial charge >= 0.3 is 8.60 Å². The number of halogens is 2. The normalized spacial score (nSPS) is 12.2. The molecular weight excluding hydrogens is 334 g/mol. The van der Waals surface area contributed by atoms with Gasteiger partial charge in [-0.25, -0.2) is 0 Å². The molecule has 0 saturated carbocycles. The highest BCUT2D eigenvalue weighted by atomic mass is 35.5. The maximum absolute atomic E-state index is 9.39. The van der Waals surface area contributed by atoms with Gasteiger partial charge in [-0.2, -0.15) is 0 Å². The molecule has 21 heavy (non-hydrogen) atoms. The van der Waals surface area contributed by atoms with Crippen LogP contribution in [0.4, 0.5) is 0 Å². The summed E-state index contributed by atoms with van der Waals surface area (Å²) >= 11 is 12.0. The number of rotatable bonds is 6. The van der Waals surface area contributed by atoms with Crippen LogP contribution in [0.5, 0.6) is 11.5 Å². The zero-order valence-corrected chi connectivity index (χ0v) is 13.5. The molecule has 0 aliphatic carbocycles. The fourth-order valence-corrected chi connectivity index (χ4v) is 2.85. The Bertz CT molecular complexity index is 547. The van der Waals surface area contributed by atoms with E-state index in [0.717, 1.165) is 0 Å². The first kappa shape index (κ1) is 16.3. The number of benzene rings is 2. The minimum atomic E-state index is -1.90. The van der Waals surface area contributed by atoms with E-state index in [0.29, 0.717) is 21.5 Å². The number of hydrogen-bond donors (Lipinski definition) is 1. The molecular formula is C14H13Cl2O4P. The standard InChI is InChI=1S/C14H13Cl2O4P/c1-10(17)18-21(19-13-8-4-2-6-11(13)15)20-14-9-5-3-7-12(14)16/h2-10,17H,1H3. The van der Waals surface area contributed by atoms with Crippen LogP contribution in [0.1, 0.15) is 6.92 Å². The van der Waals surface area contributed by atoms with Gasteiger partial charge in [-0.1, -0.05) is 47.5 Å². The highest BCUT2D eigenvalue weighted by Gasteiger charge is 2.22. The summed E-state index contributed by atoms with van der Waals surface area (Å²) in [6, 6.07) is 13.8. The van der Waals surface area contributed by atoms with Crippen molar-refractivity contribution < 1.29 is 18.7 Å². The van der Waals surface area contributed by atoms with E-state index in [1.165, 1.54) is 6.92 Å². The molecule has 4 nitrogen and oxygen atoms in total. The van der Waals surface area contributed by atoms with Gasteiger partial charge in [0, 0.05) is 0 Å². The lowest BCUT2D eigenvalue weighted by atomic mass is 10.3. The molecule has 0 aliphatic heterocycles. The number of hydrogen-bond acceptors (Lipinski definition) is 4. The molecule has 2 aromatic rings. The van der Waals surface area contributed by atoms with Crippen molar-refractivity contribution in [2.45, 2.75) is 13.2 Å². The smallest absolute Gasteiger partial charge is 0.416 e. The molecule has 0 spiro atoms. The molecule has 112 valence electrons. The van der Waals surface area contributed by atoms with Gasteiger partial charge in [0.05, 0.1) is 10.0 Å². The second-order valence-corrected chi connectivity index (χ2v) is 5.81. The van der Waals surface area contributed by atoms with Crippen LogP contribution >= 0.6 is 31.8 Å². The van der Waals surface area contributed by atoms with E-state index in [9.17, 15) is 5.11 Å². The Morgan fingerprint density at radius 2 is 1.33 bits per heavy atom. The molecule has 0 aromatic heterocycles. The van der Waals surface area contributed by atoms with Crippen LogP contribution in [0.15, 0.2) is 48.5 Å². The maximum Gasteiger partial charge on any atom is 0.465 e. The Morgan fingerprint density at radius 3 is 1.71 bits per heavy atom. The van der Waals surface area contributed by atoms with Crippen LogP contribution in [0, 0.1) is 0 Å². The Kier molecular flexibility index (Phi) is 6.09. The first-order valence-electron chi connectivity index (χ1n) is 6.06. The molecule has 1 atom stereocenters. The lowest BCUT2D eigenvalue weighted by molar-refractivity contribution is -0.00589. The van der Waals surface area contributed by atoms with Crippen molar-refractivity contribution in [2.24, 2.45) is 0 Å². The second kappa shape index (κ2) is 7.83. The van der Waals surface area contributed by atoms with E-state index in [1.807, 2.05) is 0 Å². The summed E-state index contributed by atoms with van der Waals surface area (Å²) in [5.74, 6) is 0.802. The summed E-state index contributed by atoms with van der Waals surface area (Å²) in [7, 11) is -1.90. The topological polar surface area (TPSA) is 47.9 Å². The van der Waals surface area contributed by atoms with E-state index in [-0.39, 0.29) is 0 Å². The van der Waals surface area contributed by atoms with E-state index < -0.39 is 14.9 Å². The van der Waals surface area contributed by atoms with Crippen LogP contribution in [0.25, 0.3) is 0 Å². The highest BCUT2D eigenvalue weighted by Crippen LogP contribution is 2.45. The fraction of sp³-hybridized carbons (Fsp3) is 0.143. The molecule has 0 amide bonds. The maximum atomic E-state index is 9.39. The van der Waals surface area contributed by atoms with Gasteiger partial charge in [0.2, 0.25) is 0 Å². The Balaban J connectivity index is 2.15. The molecule has 0 radical (unpaired) electrons. The van der Waals surface area contributed by atoms with Gasteiger partial charge in [0.1, 0.15) is 11.5 Å². The second-order valence-electron chi connectivity index (χ2n) is 3.97. The fourth-order valence-electron chi connectivity index (χ4n) is 1.38. The van der Waals surface area contributed by atoms with Crippen LogP contribution in [0.2, 0.25) is 10.0 Å². The van der Waals surface area contributed by atoms with Gasteiger partial charge in [-0.05, 0) is 31.2 Å². The predicted molar refractivity (Wildman–Crippen MR) is 83.8 cm³/mol. The minimum Gasteiger partial charge on any atom is -0.416 e. The molecule has 7 heteroatoms. The summed E-state index contributed by atoms with van der Waals surface area (Å²) in [6.07, 6.45) is -1.05. The summed E-state index contributed by atoms with van der Waals surface area (Å²) in [5, 5.41) is 10.2. The number of aliphatic hydroxyl groups excluding tert-OH is 1. The van der Waals surface area contributed by atoms with Crippen molar-refractivity contribution in [1.29, 1.82) is 0 Å². The Morgan fingerprint density at radius 1 is 0.905 bits per heavy atom. The first-order chi connectivity index (χ1) is 10.1. The van der Waals surface area contributed by atoms with Crippen molar-refractivity contribution >= 4 is 31.8 Å². The van der Waals surface area contributed by atoms with Crippen LogP contribution in [-0.4, -0.2) is 11.4 Å².